The lowest BCUT2D eigenvalue weighted by atomic mass is 10.2. The molecule has 1 heterocycles. The molecule has 4 N–H and O–H groups in total. The molecule has 0 aromatic carbocycles. The fourth-order valence-electron chi connectivity index (χ4n) is 1.21. The average Bonchev–Trinajstić information content (AvgIpc) is 2.15. The van der Waals surface area contributed by atoms with E-state index in [1.807, 2.05) is 19.1 Å². The Bertz CT molecular complexity index is 278. The van der Waals surface area contributed by atoms with Crippen LogP contribution in [0.1, 0.15) is 19.8 Å². The third-order valence-electron chi connectivity index (χ3n) is 1.91. The van der Waals surface area contributed by atoms with Crippen molar-refractivity contribution in [2.24, 2.45) is 0 Å². The highest BCUT2D eigenvalue weighted by atomic mass is 16.3. The maximum Gasteiger partial charge on any atom is 0.128 e. The van der Waals surface area contributed by atoms with Crippen LogP contribution >= 0.6 is 0 Å². The van der Waals surface area contributed by atoms with E-state index < -0.39 is 0 Å². The molecule has 0 aliphatic rings. The standard InChI is InChI=1S/C10H17N3O/c1-2-4-8(14)7-12-10-6-3-5-9(11)13-10/h3,5-6,8,14H,2,4,7H2,1H3,(H3,11,12,13). The molecular formula is C10H17N3O. The number of anilines is 2. The molecule has 0 saturated heterocycles. The minimum atomic E-state index is -0.316. The van der Waals surface area contributed by atoms with Crippen molar-refractivity contribution in [1.82, 2.24) is 4.98 Å². The first-order valence-corrected chi connectivity index (χ1v) is 4.87. The molecule has 0 aliphatic carbocycles. The van der Waals surface area contributed by atoms with Crippen LogP contribution in [0.4, 0.5) is 11.6 Å². The molecule has 14 heavy (non-hydrogen) atoms. The minimum absolute atomic E-state index is 0.316. The van der Waals surface area contributed by atoms with Crippen molar-refractivity contribution in [2.45, 2.75) is 25.9 Å². The molecule has 0 amide bonds. The number of aliphatic hydroxyl groups excluding tert-OH is 1. The van der Waals surface area contributed by atoms with E-state index in [9.17, 15) is 5.11 Å². The molecule has 0 fully saturated rings. The second-order valence-corrected chi connectivity index (χ2v) is 3.27. The minimum Gasteiger partial charge on any atom is -0.391 e. The molecule has 1 rings (SSSR count). The van der Waals surface area contributed by atoms with Crippen molar-refractivity contribution in [1.29, 1.82) is 0 Å². The Kier molecular flexibility index (Phi) is 4.19. The largest absolute Gasteiger partial charge is 0.391 e. The van der Waals surface area contributed by atoms with E-state index in [-0.39, 0.29) is 6.10 Å². The molecule has 0 bridgehead atoms. The van der Waals surface area contributed by atoms with Crippen molar-refractivity contribution < 1.29 is 5.11 Å². The van der Waals surface area contributed by atoms with Gasteiger partial charge in [-0.05, 0) is 18.6 Å². The number of hydrogen-bond acceptors (Lipinski definition) is 4. The zero-order valence-corrected chi connectivity index (χ0v) is 8.40. The van der Waals surface area contributed by atoms with Crippen molar-refractivity contribution in [2.75, 3.05) is 17.6 Å². The summed E-state index contributed by atoms with van der Waals surface area (Å²) in [5.74, 6) is 1.19. The molecule has 1 aromatic heterocycles. The van der Waals surface area contributed by atoms with E-state index in [1.165, 1.54) is 0 Å². The van der Waals surface area contributed by atoms with Crippen molar-refractivity contribution >= 4 is 11.6 Å². The number of rotatable bonds is 5. The summed E-state index contributed by atoms with van der Waals surface area (Å²) in [5.41, 5.74) is 5.51. The molecule has 1 unspecified atom stereocenters. The highest BCUT2D eigenvalue weighted by Gasteiger charge is 2.02. The van der Waals surface area contributed by atoms with Gasteiger partial charge in [0.2, 0.25) is 0 Å². The number of nitrogen functional groups attached to an aromatic ring is 1. The number of nitrogens with one attached hydrogen (secondary N) is 1. The van der Waals surface area contributed by atoms with Crippen molar-refractivity contribution in [3.8, 4) is 0 Å². The van der Waals surface area contributed by atoms with Crippen LogP contribution in [0.3, 0.4) is 0 Å². The number of aliphatic hydroxyl groups is 1. The predicted molar refractivity (Wildman–Crippen MR) is 58.1 cm³/mol. The van der Waals surface area contributed by atoms with Gasteiger partial charge in [0, 0.05) is 6.54 Å². The van der Waals surface area contributed by atoms with Gasteiger partial charge in [-0.15, -0.1) is 0 Å². The van der Waals surface area contributed by atoms with E-state index >= 15 is 0 Å². The Morgan fingerprint density at radius 1 is 1.57 bits per heavy atom. The van der Waals surface area contributed by atoms with E-state index in [2.05, 4.69) is 10.3 Å². The zero-order valence-electron chi connectivity index (χ0n) is 8.40. The molecule has 0 radical (unpaired) electrons. The number of nitrogens with two attached hydrogens (primary N) is 1. The van der Waals surface area contributed by atoms with Gasteiger partial charge >= 0.3 is 0 Å². The quantitative estimate of drug-likeness (QED) is 0.661. The number of hydrogen-bond donors (Lipinski definition) is 3. The van der Waals surface area contributed by atoms with Gasteiger partial charge in [-0.25, -0.2) is 4.98 Å². The highest BCUT2D eigenvalue weighted by molar-refractivity contribution is 5.42. The summed E-state index contributed by atoms with van der Waals surface area (Å²) in [6.45, 7) is 2.56. The Labute approximate surface area is 84.2 Å². The lowest BCUT2D eigenvalue weighted by molar-refractivity contribution is 0.176. The van der Waals surface area contributed by atoms with E-state index in [4.69, 9.17) is 5.73 Å². The molecule has 1 atom stereocenters. The Morgan fingerprint density at radius 3 is 3.00 bits per heavy atom. The van der Waals surface area contributed by atoms with Crippen LogP contribution in [-0.2, 0) is 0 Å². The molecule has 4 nitrogen and oxygen atoms in total. The van der Waals surface area contributed by atoms with Crippen molar-refractivity contribution in [3.63, 3.8) is 0 Å². The first kappa shape index (κ1) is 10.8. The van der Waals surface area contributed by atoms with Gasteiger partial charge in [-0.1, -0.05) is 19.4 Å². The highest BCUT2D eigenvalue weighted by Crippen LogP contribution is 2.06. The van der Waals surface area contributed by atoms with E-state index in [0.29, 0.717) is 18.2 Å². The number of aromatic nitrogens is 1. The van der Waals surface area contributed by atoms with Gasteiger partial charge < -0.3 is 16.2 Å². The topological polar surface area (TPSA) is 71.2 Å². The Hall–Kier alpha value is -1.29. The molecule has 0 spiro atoms. The zero-order chi connectivity index (χ0) is 10.4. The monoisotopic (exact) mass is 195 g/mol. The van der Waals surface area contributed by atoms with Crippen LogP contribution in [0.5, 0.6) is 0 Å². The lowest BCUT2D eigenvalue weighted by Crippen LogP contribution is -2.19. The van der Waals surface area contributed by atoms with Crippen LogP contribution in [0.15, 0.2) is 18.2 Å². The molecular weight excluding hydrogens is 178 g/mol. The van der Waals surface area contributed by atoms with Gasteiger partial charge in [-0.3, -0.25) is 0 Å². The third kappa shape index (κ3) is 3.62. The fourth-order valence-corrected chi connectivity index (χ4v) is 1.21. The second kappa shape index (κ2) is 5.44. The number of nitrogens with zero attached hydrogens (tertiary/aromatic N) is 1. The summed E-state index contributed by atoms with van der Waals surface area (Å²) in [6.07, 6.45) is 1.46. The Morgan fingerprint density at radius 2 is 2.36 bits per heavy atom. The first-order chi connectivity index (χ1) is 6.72. The lowest BCUT2D eigenvalue weighted by Gasteiger charge is -2.11. The van der Waals surface area contributed by atoms with Crippen LogP contribution in [0.25, 0.3) is 0 Å². The van der Waals surface area contributed by atoms with Gasteiger partial charge in [0.25, 0.3) is 0 Å². The summed E-state index contributed by atoms with van der Waals surface area (Å²) >= 11 is 0. The summed E-state index contributed by atoms with van der Waals surface area (Å²) in [4.78, 5) is 4.06. The van der Waals surface area contributed by atoms with Gasteiger partial charge in [0.05, 0.1) is 6.10 Å². The van der Waals surface area contributed by atoms with Crippen LogP contribution < -0.4 is 11.1 Å². The maximum atomic E-state index is 9.46. The van der Waals surface area contributed by atoms with E-state index in [0.717, 1.165) is 12.8 Å². The molecule has 1 aromatic rings. The first-order valence-electron chi connectivity index (χ1n) is 4.87. The third-order valence-corrected chi connectivity index (χ3v) is 1.91. The maximum absolute atomic E-state index is 9.46. The van der Waals surface area contributed by atoms with Crippen LogP contribution in [0.2, 0.25) is 0 Å². The van der Waals surface area contributed by atoms with Gasteiger partial charge in [-0.2, -0.15) is 0 Å². The second-order valence-electron chi connectivity index (χ2n) is 3.27. The van der Waals surface area contributed by atoms with Gasteiger partial charge in [0.15, 0.2) is 0 Å². The molecule has 4 heteroatoms. The summed E-state index contributed by atoms with van der Waals surface area (Å²) in [7, 11) is 0. The summed E-state index contributed by atoms with van der Waals surface area (Å²) in [5, 5.41) is 12.5. The fraction of sp³-hybridized carbons (Fsp3) is 0.500. The van der Waals surface area contributed by atoms with Crippen LogP contribution in [0, 0.1) is 0 Å². The average molecular weight is 195 g/mol. The summed E-state index contributed by atoms with van der Waals surface area (Å²) in [6, 6.07) is 5.39. The molecule has 0 saturated carbocycles. The normalized spacial score (nSPS) is 12.4. The Balaban J connectivity index is 2.37. The SMILES string of the molecule is CCCC(O)CNc1cccc(N)n1. The van der Waals surface area contributed by atoms with Crippen LogP contribution in [-0.4, -0.2) is 22.7 Å². The number of pyridine rings is 1. The van der Waals surface area contributed by atoms with Gasteiger partial charge in [0.1, 0.15) is 11.6 Å². The van der Waals surface area contributed by atoms with Crippen molar-refractivity contribution in [3.05, 3.63) is 18.2 Å². The predicted octanol–water partition coefficient (Wildman–Crippen LogP) is 1.24. The van der Waals surface area contributed by atoms with E-state index in [1.54, 1.807) is 6.07 Å². The summed E-state index contributed by atoms with van der Waals surface area (Å²) < 4.78 is 0. The smallest absolute Gasteiger partial charge is 0.128 e. The molecule has 0 aliphatic heterocycles. The molecule has 78 valence electrons.